The van der Waals surface area contributed by atoms with Crippen LogP contribution in [0.25, 0.3) is 0 Å². The number of nitriles is 1. The van der Waals surface area contributed by atoms with Crippen molar-refractivity contribution in [1.29, 1.82) is 5.26 Å². The largest absolute Gasteiger partial charge is 0.329 e. The first-order valence-corrected chi connectivity index (χ1v) is 6.68. The Morgan fingerprint density at radius 1 is 1.09 bits per heavy atom. The van der Waals surface area contributed by atoms with Gasteiger partial charge in [-0.3, -0.25) is 4.79 Å². The lowest BCUT2D eigenvalue weighted by Crippen LogP contribution is -2.35. The van der Waals surface area contributed by atoms with E-state index >= 15 is 0 Å². The molecule has 3 amide bonds. The first kappa shape index (κ1) is 16.0. The molecule has 7 heteroatoms. The van der Waals surface area contributed by atoms with Gasteiger partial charge in [-0.2, -0.15) is 5.26 Å². The Morgan fingerprint density at radius 3 is 2.61 bits per heavy atom. The predicted molar refractivity (Wildman–Crippen MR) is 83.2 cm³/mol. The van der Waals surface area contributed by atoms with Gasteiger partial charge in [0.2, 0.25) is 5.91 Å². The Bertz CT molecular complexity index is 771. The molecule has 0 aliphatic rings. The fourth-order valence-corrected chi connectivity index (χ4v) is 1.76. The fraction of sp³-hybridized carbons (Fsp3) is 0.0625. The molecule has 0 radical (unpaired) electrons. The number of benzene rings is 2. The molecule has 0 aliphatic carbocycles. The monoisotopic (exact) mass is 312 g/mol. The third-order valence-electron chi connectivity index (χ3n) is 2.81. The van der Waals surface area contributed by atoms with Gasteiger partial charge in [-0.15, -0.1) is 0 Å². The van der Waals surface area contributed by atoms with Crippen molar-refractivity contribution < 1.29 is 14.0 Å². The number of hydrogen-bond donors (Lipinski definition) is 3. The summed E-state index contributed by atoms with van der Waals surface area (Å²) in [5, 5.41) is 16.0. The van der Waals surface area contributed by atoms with Crippen molar-refractivity contribution >= 4 is 23.3 Å². The average molecular weight is 312 g/mol. The van der Waals surface area contributed by atoms with Gasteiger partial charge in [0.05, 0.1) is 23.9 Å². The van der Waals surface area contributed by atoms with Crippen LogP contribution in [0.1, 0.15) is 5.56 Å². The van der Waals surface area contributed by atoms with Crippen molar-refractivity contribution in [2.45, 2.75) is 0 Å². The van der Waals surface area contributed by atoms with Crippen LogP contribution in [0, 0.1) is 17.1 Å². The van der Waals surface area contributed by atoms with E-state index in [1.807, 2.05) is 6.07 Å². The number of halogens is 1. The van der Waals surface area contributed by atoms with E-state index in [0.29, 0.717) is 11.3 Å². The molecule has 2 aromatic carbocycles. The second-order valence-electron chi connectivity index (χ2n) is 4.53. The maximum absolute atomic E-state index is 13.4. The quantitative estimate of drug-likeness (QED) is 0.809. The van der Waals surface area contributed by atoms with Crippen molar-refractivity contribution in [2.24, 2.45) is 0 Å². The molecule has 0 atom stereocenters. The summed E-state index contributed by atoms with van der Waals surface area (Å²) >= 11 is 0. The molecule has 3 N–H and O–H groups in total. The molecule has 2 aromatic rings. The predicted octanol–water partition coefficient (Wildman–Crippen LogP) is 2.46. The van der Waals surface area contributed by atoms with E-state index in [0.717, 1.165) is 0 Å². The van der Waals surface area contributed by atoms with Crippen molar-refractivity contribution in [2.75, 3.05) is 17.2 Å². The normalized spacial score (nSPS) is 9.57. The average Bonchev–Trinajstić information content (AvgIpc) is 2.55. The summed E-state index contributed by atoms with van der Waals surface area (Å²) in [5.41, 5.74) is 0.873. The molecule has 0 unspecified atom stereocenters. The van der Waals surface area contributed by atoms with E-state index in [4.69, 9.17) is 5.26 Å². The zero-order valence-electron chi connectivity index (χ0n) is 12.0. The second kappa shape index (κ2) is 7.56. The highest BCUT2D eigenvalue weighted by Crippen LogP contribution is 2.12. The number of anilines is 2. The SMILES string of the molecule is N#Cc1cccc(NC(=O)NCC(=O)Nc2ccccc2F)c1. The van der Waals surface area contributed by atoms with E-state index in [1.54, 1.807) is 24.3 Å². The Labute approximate surface area is 131 Å². The van der Waals surface area contributed by atoms with Crippen LogP contribution in [-0.2, 0) is 4.79 Å². The third kappa shape index (κ3) is 4.82. The standard InChI is InChI=1S/C16H13FN4O2/c17-13-6-1-2-7-14(13)21-15(22)10-19-16(23)20-12-5-3-4-11(8-12)9-18/h1-8H,10H2,(H,21,22)(H2,19,20,23). The highest BCUT2D eigenvalue weighted by molar-refractivity contribution is 5.97. The number of hydrogen-bond acceptors (Lipinski definition) is 3. The lowest BCUT2D eigenvalue weighted by atomic mass is 10.2. The molecule has 0 bridgehead atoms. The van der Waals surface area contributed by atoms with Crippen LogP contribution in [0.2, 0.25) is 0 Å². The first-order chi connectivity index (χ1) is 11.1. The molecular formula is C16H13FN4O2. The number of carbonyl (C=O) groups is 2. The molecular weight excluding hydrogens is 299 g/mol. The third-order valence-corrected chi connectivity index (χ3v) is 2.81. The maximum atomic E-state index is 13.4. The molecule has 0 saturated heterocycles. The van der Waals surface area contributed by atoms with Crippen LogP contribution in [0.3, 0.4) is 0 Å². The van der Waals surface area contributed by atoms with Crippen molar-refractivity contribution in [3.63, 3.8) is 0 Å². The van der Waals surface area contributed by atoms with Gasteiger partial charge in [-0.05, 0) is 30.3 Å². The van der Waals surface area contributed by atoms with Gasteiger partial charge >= 0.3 is 6.03 Å². The van der Waals surface area contributed by atoms with E-state index in [1.165, 1.54) is 24.3 Å². The zero-order chi connectivity index (χ0) is 16.7. The molecule has 0 spiro atoms. The summed E-state index contributed by atoms with van der Waals surface area (Å²) in [4.78, 5) is 23.3. The Morgan fingerprint density at radius 2 is 1.87 bits per heavy atom. The highest BCUT2D eigenvalue weighted by atomic mass is 19.1. The van der Waals surface area contributed by atoms with Crippen LogP contribution in [0.4, 0.5) is 20.6 Å². The lowest BCUT2D eigenvalue weighted by molar-refractivity contribution is -0.115. The molecule has 0 aromatic heterocycles. The second-order valence-corrected chi connectivity index (χ2v) is 4.53. The van der Waals surface area contributed by atoms with Gasteiger partial charge in [-0.1, -0.05) is 18.2 Å². The van der Waals surface area contributed by atoms with Crippen molar-refractivity contribution in [1.82, 2.24) is 5.32 Å². The number of carbonyl (C=O) groups excluding carboxylic acids is 2. The van der Waals surface area contributed by atoms with E-state index < -0.39 is 17.8 Å². The highest BCUT2D eigenvalue weighted by Gasteiger charge is 2.08. The summed E-state index contributed by atoms with van der Waals surface area (Å²) in [6.07, 6.45) is 0. The van der Waals surface area contributed by atoms with Crippen molar-refractivity contribution in [3.05, 3.63) is 59.9 Å². The molecule has 0 saturated carbocycles. The van der Waals surface area contributed by atoms with Gasteiger partial charge in [0, 0.05) is 5.69 Å². The summed E-state index contributed by atoms with van der Waals surface area (Å²) in [6, 6.07) is 13.4. The van der Waals surface area contributed by atoms with Gasteiger partial charge in [-0.25, -0.2) is 9.18 Å². The molecule has 0 aliphatic heterocycles. The Balaban J connectivity index is 1.83. The Kier molecular flexibility index (Phi) is 5.25. The smallest absolute Gasteiger partial charge is 0.319 e. The number of amides is 3. The van der Waals surface area contributed by atoms with Gasteiger partial charge in [0.25, 0.3) is 0 Å². The summed E-state index contributed by atoms with van der Waals surface area (Å²) in [7, 11) is 0. The minimum Gasteiger partial charge on any atom is -0.329 e. The van der Waals surface area contributed by atoms with Gasteiger partial charge < -0.3 is 16.0 Å². The van der Waals surface area contributed by atoms with Crippen LogP contribution in [0.15, 0.2) is 48.5 Å². The van der Waals surface area contributed by atoms with Crippen LogP contribution >= 0.6 is 0 Å². The topological polar surface area (TPSA) is 94.0 Å². The summed E-state index contributed by atoms with van der Waals surface area (Å²) < 4.78 is 13.4. The lowest BCUT2D eigenvalue weighted by Gasteiger charge is -2.09. The number of nitrogens with zero attached hydrogens (tertiary/aromatic N) is 1. The minimum atomic E-state index is -0.608. The number of para-hydroxylation sites is 1. The summed E-state index contributed by atoms with van der Waals surface area (Å²) in [5.74, 6) is -1.12. The summed E-state index contributed by atoms with van der Waals surface area (Å²) in [6.45, 7) is -0.321. The Hall–Kier alpha value is -3.40. The molecule has 23 heavy (non-hydrogen) atoms. The molecule has 2 rings (SSSR count). The van der Waals surface area contributed by atoms with Gasteiger partial charge in [0.1, 0.15) is 5.82 Å². The van der Waals surface area contributed by atoms with E-state index in [2.05, 4.69) is 16.0 Å². The number of urea groups is 1. The minimum absolute atomic E-state index is 0.0430. The number of nitrogens with one attached hydrogen (secondary N) is 3. The van der Waals surface area contributed by atoms with E-state index in [-0.39, 0.29) is 12.2 Å². The molecule has 6 nitrogen and oxygen atoms in total. The molecule has 0 fully saturated rings. The van der Waals surface area contributed by atoms with Crippen LogP contribution < -0.4 is 16.0 Å². The van der Waals surface area contributed by atoms with Gasteiger partial charge in [0.15, 0.2) is 0 Å². The molecule has 0 heterocycles. The van der Waals surface area contributed by atoms with Crippen LogP contribution in [-0.4, -0.2) is 18.5 Å². The fourth-order valence-electron chi connectivity index (χ4n) is 1.76. The molecule has 116 valence electrons. The first-order valence-electron chi connectivity index (χ1n) is 6.68. The van der Waals surface area contributed by atoms with Crippen molar-refractivity contribution in [3.8, 4) is 6.07 Å². The van der Waals surface area contributed by atoms with Crippen LogP contribution in [0.5, 0.6) is 0 Å². The number of rotatable bonds is 4. The zero-order valence-corrected chi connectivity index (χ0v) is 12.0. The van der Waals surface area contributed by atoms with E-state index in [9.17, 15) is 14.0 Å². The maximum Gasteiger partial charge on any atom is 0.319 e.